The van der Waals surface area contributed by atoms with Crippen LogP contribution in [0, 0.1) is 0 Å². The number of benzene rings is 3. The quantitative estimate of drug-likeness (QED) is 0.424. The van der Waals surface area contributed by atoms with Gasteiger partial charge in [-0.25, -0.2) is 0 Å². The van der Waals surface area contributed by atoms with E-state index >= 15 is 0 Å². The second-order valence-corrected chi connectivity index (χ2v) is 7.46. The molecular weight excluding hydrogens is 421 g/mol. The van der Waals surface area contributed by atoms with E-state index in [0.29, 0.717) is 34.3 Å². The van der Waals surface area contributed by atoms with Gasteiger partial charge in [-0.2, -0.15) is 0 Å². The van der Waals surface area contributed by atoms with Gasteiger partial charge in [0.15, 0.2) is 0 Å². The zero-order valence-corrected chi connectivity index (χ0v) is 17.6. The van der Waals surface area contributed by atoms with Crippen molar-refractivity contribution < 1.29 is 9.59 Å². The molecule has 0 fully saturated rings. The predicted octanol–water partition coefficient (Wildman–Crippen LogP) is 5.62. The summed E-state index contributed by atoms with van der Waals surface area (Å²) in [7, 11) is 0. The highest BCUT2D eigenvalue weighted by molar-refractivity contribution is 6.42. The molecule has 0 spiro atoms. The number of hydrogen-bond acceptors (Lipinski definition) is 3. The van der Waals surface area contributed by atoms with Gasteiger partial charge in [0, 0.05) is 23.5 Å². The van der Waals surface area contributed by atoms with E-state index in [9.17, 15) is 9.59 Å². The standard InChI is InChI=1S/C23H21Cl2N3O2/c24-20-12-11-19(14-21(20)25)28-23(30)15-26-17-7-9-18(10-8-17)27-22(29)13-6-16-4-2-1-3-5-16/h1-5,7-12,14,26H,6,13,15H2,(H,27,29)(H,28,30). The van der Waals surface area contributed by atoms with E-state index in [0.717, 1.165) is 11.3 Å². The fourth-order valence-electron chi connectivity index (χ4n) is 2.76. The van der Waals surface area contributed by atoms with Crippen LogP contribution in [-0.2, 0) is 16.0 Å². The molecule has 0 saturated carbocycles. The maximum atomic E-state index is 12.1. The summed E-state index contributed by atoms with van der Waals surface area (Å²) in [5.74, 6) is -0.257. The molecule has 0 radical (unpaired) electrons. The molecule has 0 saturated heterocycles. The molecule has 154 valence electrons. The van der Waals surface area contributed by atoms with Gasteiger partial charge in [0.25, 0.3) is 0 Å². The van der Waals surface area contributed by atoms with E-state index in [1.54, 1.807) is 42.5 Å². The number of anilines is 3. The van der Waals surface area contributed by atoms with Gasteiger partial charge in [-0.15, -0.1) is 0 Å². The Kier molecular flexibility index (Phi) is 7.71. The lowest BCUT2D eigenvalue weighted by atomic mass is 10.1. The molecule has 0 aliphatic rings. The SMILES string of the molecule is O=C(CCc1ccccc1)Nc1ccc(NCC(=O)Nc2ccc(Cl)c(Cl)c2)cc1. The van der Waals surface area contributed by atoms with Crippen molar-refractivity contribution in [2.24, 2.45) is 0 Å². The average molecular weight is 442 g/mol. The third-order valence-electron chi connectivity index (χ3n) is 4.31. The highest BCUT2D eigenvalue weighted by Crippen LogP contribution is 2.25. The van der Waals surface area contributed by atoms with Gasteiger partial charge in [0.05, 0.1) is 16.6 Å². The van der Waals surface area contributed by atoms with Gasteiger partial charge < -0.3 is 16.0 Å². The normalized spacial score (nSPS) is 10.3. The highest BCUT2D eigenvalue weighted by Gasteiger charge is 2.06. The van der Waals surface area contributed by atoms with Crippen LogP contribution in [0.1, 0.15) is 12.0 Å². The van der Waals surface area contributed by atoms with E-state index < -0.39 is 0 Å². The fourth-order valence-corrected chi connectivity index (χ4v) is 3.06. The fraction of sp³-hybridized carbons (Fsp3) is 0.130. The van der Waals surface area contributed by atoms with Crippen molar-refractivity contribution in [3.8, 4) is 0 Å². The third-order valence-corrected chi connectivity index (χ3v) is 5.05. The lowest BCUT2D eigenvalue weighted by Crippen LogP contribution is -2.21. The van der Waals surface area contributed by atoms with Crippen LogP contribution in [0.15, 0.2) is 72.8 Å². The number of hydrogen-bond donors (Lipinski definition) is 3. The van der Waals surface area contributed by atoms with Crippen molar-refractivity contribution in [3.05, 3.63) is 88.4 Å². The van der Waals surface area contributed by atoms with Gasteiger partial charge in [-0.1, -0.05) is 53.5 Å². The van der Waals surface area contributed by atoms with Crippen molar-refractivity contribution >= 4 is 52.1 Å². The molecule has 3 aromatic carbocycles. The topological polar surface area (TPSA) is 70.2 Å². The van der Waals surface area contributed by atoms with E-state index in [4.69, 9.17) is 23.2 Å². The largest absolute Gasteiger partial charge is 0.376 e. The Morgan fingerprint density at radius 2 is 1.33 bits per heavy atom. The Labute approximate surface area is 185 Å². The number of carbonyl (C=O) groups excluding carboxylic acids is 2. The first-order valence-corrected chi connectivity index (χ1v) is 10.2. The number of halogens is 2. The van der Waals surface area contributed by atoms with Crippen LogP contribution in [0.4, 0.5) is 17.1 Å². The van der Waals surface area contributed by atoms with Crippen molar-refractivity contribution in [3.63, 3.8) is 0 Å². The monoisotopic (exact) mass is 441 g/mol. The van der Waals surface area contributed by atoms with Crippen molar-refractivity contribution in [1.82, 2.24) is 0 Å². The van der Waals surface area contributed by atoms with Gasteiger partial charge in [-0.3, -0.25) is 9.59 Å². The van der Waals surface area contributed by atoms with Crippen LogP contribution in [0.3, 0.4) is 0 Å². The highest BCUT2D eigenvalue weighted by atomic mass is 35.5. The van der Waals surface area contributed by atoms with Crippen LogP contribution in [0.25, 0.3) is 0 Å². The molecule has 0 heterocycles. The van der Waals surface area contributed by atoms with Crippen LogP contribution in [-0.4, -0.2) is 18.4 Å². The smallest absolute Gasteiger partial charge is 0.243 e. The van der Waals surface area contributed by atoms with Crippen LogP contribution >= 0.6 is 23.2 Å². The summed E-state index contributed by atoms with van der Waals surface area (Å²) in [6.07, 6.45) is 1.11. The minimum Gasteiger partial charge on any atom is -0.376 e. The Hall–Kier alpha value is -3.02. The summed E-state index contributed by atoms with van der Waals surface area (Å²) in [5, 5.41) is 9.46. The predicted molar refractivity (Wildman–Crippen MR) is 123 cm³/mol. The maximum Gasteiger partial charge on any atom is 0.243 e. The molecule has 5 nitrogen and oxygen atoms in total. The molecule has 3 N–H and O–H groups in total. The molecule has 0 aliphatic carbocycles. The average Bonchev–Trinajstić information content (AvgIpc) is 2.75. The lowest BCUT2D eigenvalue weighted by molar-refractivity contribution is -0.116. The van der Waals surface area contributed by atoms with Crippen molar-refractivity contribution in [2.75, 3.05) is 22.5 Å². The molecule has 7 heteroatoms. The molecule has 0 aliphatic heterocycles. The Morgan fingerprint density at radius 3 is 2.03 bits per heavy atom. The lowest BCUT2D eigenvalue weighted by Gasteiger charge is -2.10. The van der Waals surface area contributed by atoms with E-state index in [-0.39, 0.29) is 18.4 Å². The Balaban J connectivity index is 1.43. The van der Waals surface area contributed by atoms with E-state index in [1.165, 1.54) is 0 Å². The van der Waals surface area contributed by atoms with Gasteiger partial charge in [-0.05, 0) is 54.4 Å². The molecule has 30 heavy (non-hydrogen) atoms. The molecule has 2 amide bonds. The molecule has 0 unspecified atom stereocenters. The first-order chi connectivity index (χ1) is 14.5. The summed E-state index contributed by atoms with van der Waals surface area (Å²) in [5.41, 5.74) is 3.18. The first kappa shape index (κ1) is 21.7. The van der Waals surface area contributed by atoms with Crippen LogP contribution in [0.2, 0.25) is 10.0 Å². The van der Waals surface area contributed by atoms with E-state index in [2.05, 4.69) is 16.0 Å². The zero-order valence-electron chi connectivity index (χ0n) is 16.1. The molecule has 0 aromatic heterocycles. The second-order valence-electron chi connectivity index (χ2n) is 6.64. The molecule has 0 atom stereocenters. The number of aryl methyl sites for hydroxylation is 1. The molecular formula is C23H21Cl2N3O2. The van der Waals surface area contributed by atoms with Crippen LogP contribution in [0.5, 0.6) is 0 Å². The summed E-state index contributed by atoms with van der Waals surface area (Å²) in [6.45, 7) is 0.0863. The number of rotatable bonds is 8. The third kappa shape index (κ3) is 6.79. The second kappa shape index (κ2) is 10.7. The number of carbonyl (C=O) groups is 2. The Bertz CT molecular complexity index is 1010. The molecule has 3 rings (SSSR count). The minimum absolute atomic E-state index is 0.0411. The number of nitrogens with one attached hydrogen (secondary N) is 3. The van der Waals surface area contributed by atoms with Gasteiger partial charge >= 0.3 is 0 Å². The summed E-state index contributed by atoms with van der Waals surface area (Å²) in [4.78, 5) is 24.2. The number of amides is 2. The summed E-state index contributed by atoms with van der Waals surface area (Å²) < 4.78 is 0. The van der Waals surface area contributed by atoms with Crippen molar-refractivity contribution in [1.29, 1.82) is 0 Å². The maximum absolute atomic E-state index is 12.1. The molecule has 3 aromatic rings. The van der Waals surface area contributed by atoms with E-state index in [1.807, 2.05) is 30.3 Å². The zero-order chi connectivity index (χ0) is 21.3. The molecule has 0 bridgehead atoms. The van der Waals surface area contributed by atoms with Gasteiger partial charge in [0.1, 0.15) is 0 Å². The Morgan fingerprint density at radius 1 is 0.700 bits per heavy atom. The minimum atomic E-state index is -0.216. The van der Waals surface area contributed by atoms with Crippen LogP contribution < -0.4 is 16.0 Å². The van der Waals surface area contributed by atoms with Gasteiger partial charge in [0.2, 0.25) is 11.8 Å². The van der Waals surface area contributed by atoms with Crippen molar-refractivity contribution in [2.45, 2.75) is 12.8 Å². The summed E-state index contributed by atoms with van der Waals surface area (Å²) >= 11 is 11.8. The first-order valence-electron chi connectivity index (χ1n) is 9.42. The summed E-state index contributed by atoms with van der Waals surface area (Å²) in [6, 6.07) is 22.0.